The van der Waals surface area contributed by atoms with Gasteiger partial charge in [-0.25, -0.2) is 0 Å². The maximum atomic E-state index is 12.3. The Bertz CT molecular complexity index is 614. The molecule has 2 amide bonds. The maximum Gasteiger partial charge on any atom is 0.227 e. The van der Waals surface area contributed by atoms with E-state index in [-0.39, 0.29) is 30.3 Å². The Labute approximate surface area is 144 Å². The van der Waals surface area contributed by atoms with Crippen LogP contribution in [0.1, 0.15) is 24.8 Å². The predicted molar refractivity (Wildman–Crippen MR) is 91.3 cm³/mol. The summed E-state index contributed by atoms with van der Waals surface area (Å²) in [5.41, 5.74) is 1.95. The van der Waals surface area contributed by atoms with Crippen molar-refractivity contribution in [3.63, 3.8) is 0 Å². The van der Waals surface area contributed by atoms with Crippen LogP contribution in [0.15, 0.2) is 22.7 Å². The number of ether oxygens (including phenoxy) is 1. The summed E-state index contributed by atoms with van der Waals surface area (Å²) in [6.45, 7) is 3.75. The highest BCUT2D eigenvalue weighted by Gasteiger charge is 2.36. The largest absolute Gasteiger partial charge is 0.376 e. The van der Waals surface area contributed by atoms with Gasteiger partial charge in [-0.05, 0) is 53.4 Å². The van der Waals surface area contributed by atoms with Gasteiger partial charge in [0, 0.05) is 30.6 Å². The Morgan fingerprint density at radius 1 is 1.48 bits per heavy atom. The van der Waals surface area contributed by atoms with Crippen molar-refractivity contribution in [3.05, 3.63) is 28.2 Å². The number of carbonyl (C=O) groups is 2. The zero-order valence-corrected chi connectivity index (χ0v) is 14.8. The van der Waals surface area contributed by atoms with E-state index in [1.54, 1.807) is 4.90 Å². The number of hydrogen-bond donors (Lipinski definition) is 1. The van der Waals surface area contributed by atoms with E-state index in [0.29, 0.717) is 13.1 Å². The first-order valence-electron chi connectivity index (χ1n) is 8.00. The highest BCUT2D eigenvalue weighted by molar-refractivity contribution is 9.10. The Kier molecular flexibility index (Phi) is 5.02. The molecular formula is C17H21BrN2O3. The summed E-state index contributed by atoms with van der Waals surface area (Å²) in [6.07, 6.45) is 2.43. The van der Waals surface area contributed by atoms with Gasteiger partial charge >= 0.3 is 0 Å². The van der Waals surface area contributed by atoms with Gasteiger partial charge < -0.3 is 15.0 Å². The predicted octanol–water partition coefficient (Wildman–Crippen LogP) is 2.41. The number of amides is 2. The summed E-state index contributed by atoms with van der Waals surface area (Å²) in [6, 6.07) is 5.87. The van der Waals surface area contributed by atoms with Crippen molar-refractivity contribution in [1.29, 1.82) is 0 Å². The molecule has 0 aromatic heterocycles. The highest BCUT2D eigenvalue weighted by atomic mass is 79.9. The molecule has 0 aliphatic carbocycles. The van der Waals surface area contributed by atoms with E-state index in [1.807, 2.05) is 25.1 Å². The number of nitrogens with one attached hydrogen (secondary N) is 1. The third kappa shape index (κ3) is 3.75. The molecule has 2 fully saturated rings. The van der Waals surface area contributed by atoms with Crippen LogP contribution >= 0.6 is 15.9 Å². The van der Waals surface area contributed by atoms with Crippen LogP contribution in [0.3, 0.4) is 0 Å². The first kappa shape index (κ1) is 16.5. The Balaban J connectivity index is 1.61. The average molecular weight is 381 g/mol. The van der Waals surface area contributed by atoms with Gasteiger partial charge in [0.25, 0.3) is 0 Å². The minimum atomic E-state index is -0.294. The number of hydrogen-bond acceptors (Lipinski definition) is 3. The Morgan fingerprint density at radius 2 is 2.30 bits per heavy atom. The molecule has 1 aromatic carbocycles. The minimum absolute atomic E-state index is 0.00757. The Morgan fingerprint density at radius 3 is 3.00 bits per heavy atom. The number of nitrogens with zero attached hydrogens (tertiary/aromatic N) is 1. The van der Waals surface area contributed by atoms with Crippen LogP contribution < -0.4 is 10.2 Å². The number of benzene rings is 1. The number of halogens is 1. The lowest BCUT2D eigenvalue weighted by atomic mass is 10.1. The molecule has 0 radical (unpaired) electrons. The number of rotatable bonds is 4. The van der Waals surface area contributed by atoms with E-state index in [9.17, 15) is 9.59 Å². The van der Waals surface area contributed by atoms with Gasteiger partial charge in [0.15, 0.2) is 0 Å². The number of aryl methyl sites for hydroxylation is 1. The second-order valence-corrected chi connectivity index (χ2v) is 7.09. The van der Waals surface area contributed by atoms with Gasteiger partial charge in [0.2, 0.25) is 11.8 Å². The third-order valence-corrected chi connectivity index (χ3v) is 5.05. The molecule has 2 unspecified atom stereocenters. The molecule has 0 saturated carbocycles. The molecule has 2 atom stereocenters. The lowest BCUT2D eigenvalue weighted by molar-refractivity contribution is -0.126. The molecule has 0 bridgehead atoms. The molecule has 6 heteroatoms. The molecule has 3 rings (SSSR count). The van der Waals surface area contributed by atoms with Crippen LogP contribution in [0.4, 0.5) is 5.69 Å². The highest BCUT2D eigenvalue weighted by Crippen LogP contribution is 2.32. The quantitative estimate of drug-likeness (QED) is 0.872. The van der Waals surface area contributed by atoms with E-state index in [2.05, 4.69) is 21.2 Å². The summed E-state index contributed by atoms with van der Waals surface area (Å²) < 4.78 is 6.39. The van der Waals surface area contributed by atoms with Crippen LogP contribution in [0.25, 0.3) is 0 Å². The molecule has 2 saturated heterocycles. The molecule has 1 N–H and O–H groups in total. The summed E-state index contributed by atoms with van der Waals surface area (Å²) in [5.74, 6) is -0.358. The van der Waals surface area contributed by atoms with Crippen molar-refractivity contribution in [1.82, 2.24) is 5.32 Å². The topological polar surface area (TPSA) is 58.6 Å². The normalized spacial score (nSPS) is 24.3. The molecule has 124 valence electrons. The molecule has 2 aliphatic rings. The van der Waals surface area contributed by atoms with Gasteiger partial charge in [-0.2, -0.15) is 0 Å². The third-order valence-electron chi connectivity index (χ3n) is 4.42. The zero-order valence-electron chi connectivity index (χ0n) is 13.2. The molecule has 2 heterocycles. The van der Waals surface area contributed by atoms with Crippen molar-refractivity contribution >= 4 is 33.4 Å². The SMILES string of the molecule is Cc1ccc(N2CC(C(=O)NCC3CCCO3)CC2=O)c(Br)c1. The zero-order chi connectivity index (χ0) is 16.4. The molecule has 1 aromatic rings. The molecule has 5 nitrogen and oxygen atoms in total. The molecule has 23 heavy (non-hydrogen) atoms. The monoisotopic (exact) mass is 380 g/mol. The van der Waals surface area contributed by atoms with Gasteiger partial charge in [0.05, 0.1) is 17.7 Å². The fourth-order valence-electron chi connectivity index (χ4n) is 3.11. The molecule has 0 spiro atoms. The fourth-order valence-corrected chi connectivity index (χ4v) is 3.82. The van der Waals surface area contributed by atoms with Crippen molar-refractivity contribution in [2.75, 3.05) is 24.6 Å². The summed E-state index contributed by atoms with van der Waals surface area (Å²) in [7, 11) is 0. The molecular weight excluding hydrogens is 360 g/mol. The van der Waals surface area contributed by atoms with E-state index in [1.165, 1.54) is 0 Å². The summed E-state index contributed by atoms with van der Waals surface area (Å²) in [4.78, 5) is 26.3. The second kappa shape index (κ2) is 7.01. The first-order chi connectivity index (χ1) is 11.0. The van der Waals surface area contributed by atoms with Crippen molar-refractivity contribution in [2.45, 2.75) is 32.3 Å². The average Bonchev–Trinajstić information content (AvgIpc) is 3.15. The smallest absolute Gasteiger partial charge is 0.227 e. The lowest BCUT2D eigenvalue weighted by Crippen LogP contribution is -2.37. The van der Waals surface area contributed by atoms with E-state index in [0.717, 1.165) is 35.2 Å². The van der Waals surface area contributed by atoms with Crippen LogP contribution in [0, 0.1) is 12.8 Å². The number of anilines is 1. The summed E-state index contributed by atoms with van der Waals surface area (Å²) in [5, 5.41) is 2.93. The van der Waals surface area contributed by atoms with Gasteiger partial charge in [0.1, 0.15) is 0 Å². The number of carbonyl (C=O) groups excluding carboxylic acids is 2. The van der Waals surface area contributed by atoms with Gasteiger partial charge in [-0.3, -0.25) is 9.59 Å². The van der Waals surface area contributed by atoms with Gasteiger partial charge in [-0.15, -0.1) is 0 Å². The molecule has 2 aliphatic heterocycles. The first-order valence-corrected chi connectivity index (χ1v) is 8.79. The summed E-state index contributed by atoms with van der Waals surface area (Å²) >= 11 is 3.51. The van der Waals surface area contributed by atoms with Crippen LogP contribution in [-0.4, -0.2) is 37.6 Å². The standard InChI is InChI=1S/C17H21BrN2O3/c1-11-4-5-15(14(18)7-11)20-10-12(8-16(20)21)17(22)19-9-13-3-2-6-23-13/h4-5,7,12-13H,2-3,6,8-10H2,1H3,(H,19,22). The maximum absolute atomic E-state index is 12.3. The van der Waals surface area contributed by atoms with Crippen molar-refractivity contribution < 1.29 is 14.3 Å². The van der Waals surface area contributed by atoms with Crippen LogP contribution in [0.2, 0.25) is 0 Å². The van der Waals surface area contributed by atoms with Crippen molar-refractivity contribution in [3.8, 4) is 0 Å². The van der Waals surface area contributed by atoms with Crippen molar-refractivity contribution in [2.24, 2.45) is 5.92 Å². The van der Waals surface area contributed by atoms with Crippen LogP contribution in [-0.2, 0) is 14.3 Å². The Hall–Kier alpha value is -1.40. The minimum Gasteiger partial charge on any atom is -0.376 e. The van der Waals surface area contributed by atoms with E-state index >= 15 is 0 Å². The van der Waals surface area contributed by atoms with E-state index < -0.39 is 0 Å². The lowest BCUT2D eigenvalue weighted by Gasteiger charge is -2.19. The van der Waals surface area contributed by atoms with E-state index in [4.69, 9.17) is 4.74 Å². The van der Waals surface area contributed by atoms with Gasteiger partial charge in [-0.1, -0.05) is 6.07 Å². The second-order valence-electron chi connectivity index (χ2n) is 6.24. The van der Waals surface area contributed by atoms with Crippen LogP contribution in [0.5, 0.6) is 0 Å². The fraction of sp³-hybridized carbons (Fsp3) is 0.529.